The number of allylic oxidation sites excluding steroid dienone is 2. The third-order valence-electron chi connectivity index (χ3n) is 7.88. The van der Waals surface area contributed by atoms with E-state index in [0.717, 1.165) is 30.6 Å². The first-order chi connectivity index (χ1) is 21.7. The van der Waals surface area contributed by atoms with Crippen LogP contribution < -0.4 is 25.2 Å². The van der Waals surface area contributed by atoms with Crippen molar-refractivity contribution < 1.29 is 37.1 Å². The van der Waals surface area contributed by atoms with E-state index in [1.165, 1.54) is 4.90 Å². The van der Waals surface area contributed by atoms with Gasteiger partial charge in [0.15, 0.2) is 0 Å². The van der Waals surface area contributed by atoms with E-state index in [0.29, 0.717) is 45.1 Å². The van der Waals surface area contributed by atoms with E-state index in [4.69, 9.17) is 15.2 Å². The van der Waals surface area contributed by atoms with Gasteiger partial charge < -0.3 is 25.4 Å². The van der Waals surface area contributed by atoms with Crippen LogP contribution in [0.2, 0.25) is 0 Å². The minimum absolute atomic E-state index is 0.00630. The Morgan fingerprint density at radius 1 is 1.11 bits per heavy atom. The van der Waals surface area contributed by atoms with Crippen LogP contribution in [-0.4, -0.2) is 75.0 Å². The number of rotatable bonds is 17. The molecule has 0 radical (unpaired) electrons. The molecule has 0 unspecified atom stereocenters. The lowest BCUT2D eigenvalue weighted by atomic mass is 10.0. The number of unbranched alkanes of at least 4 members (excludes halogenated alkanes) is 3. The van der Waals surface area contributed by atoms with E-state index >= 15 is 0 Å². The average molecular weight is 664 g/mol. The SMILES string of the molecule is COc1ccc(CCNS(=O)(=O)NC(=O)[C@H]2C[C@H]2/C=C\CCCCC[C@H](NC(=O)OC(C)(C)C)C(=O)N2CCC[C@H]2C(N)=O)cc1. The van der Waals surface area contributed by atoms with Crippen molar-refractivity contribution in [1.29, 1.82) is 0 Å². The molecule has 4 atom stereocenters. The highest BCUT2D eigenvalue weighted by atomic mass is 32.2. The highest BCUT2D eigenvalue weighted by Gasteiger charge is 2.42. The zero-order chi connectivity index (χ0) is 33.9. The second kappa shape index (κ2) is 16.8. The minimum atomic E-state index is -3.95. The van der Waals surface area contributed by atoms with Crippen LogP contribution in [0.5, 0.6) is 5.75 Å². The Bertz CT molecular complexity index is 1340. The number of carbonyl (C=O) groups excluding carboxylic acids is 4. The quantitative estimate of drug-likeness (QED) is 0.145. The molecule has 1 aliphatic carbocycles. The third-order valence-corrected chi connectivity index (χ3v) is 8.93. The van der Waals surface area contributed by atoms with Crippen LogP contribution in [0, 0.1) is 11.8 Å². The maximum absolute atomic E-state index is 13.3. The van der Waals surface area contributed by atoms with Gasteiger partial charge in [0, 0.05) is 19.0 Å². The number of nitrogens with one attached hydrogen (secondary N) is 3. The van der Waals surface area contributed by atoms with Crippen LogP contribution in [0.25, 0.3) is 0 Å². The Hall–Kier alpha value is -3.65. The molecule has 1 saturated heterocycles. The predicted molar refractivity (Wildman–Crippen MR) is 173 cm³/mol. The van der Waals surface area contributed by atoms with Gasteiger partial charge in [-0.05, 0) is 89.3 Å². The van der Waals surface area contributed by atoms with Crippen molar-refractivity contribution in [2.24, 2.45) is 17.6 Å². The molecule has 4 amide bonds. The molecule has 0 spiro atoms. The summed E-state index contributed by atoms with van der Waals surface area (Å²) in [6, 6.07) is 5.81. The number of primary amides is 1. The molecule has 1 heterocycles. The molecule has 2 aliphatic rings. The van der Waals surface area contributed by atoms with E-state index in [2.05, 4.69) is 14.8 Å². The number of hydrogen-bond donors (Lipinski definition) is 4. The molecule has 14 heteroatoms. The average Bonchev–Trinajstić information content (AvgIpc) is 3.58. The Morgan fingerprint density at radius 2 is 1.83 bits per heavy atom. The second-order valence-electron chi connectivity index (χ2n) is 12.8. The number of methoxy groups -OCH3 is 1. The van der Waals surface area contributed by atoms with Gasteiger partial charge in [-0.15, -0.1) is 0 Å². The molecule has 256 valence electrons. The minimum Gasteiger partial charge on any atom is -0.497 e. The van der Waals surface area contributed by atoms with Crippen molar-refractivity contribution in [3.05, 3.63) is 42.0 Å². The molecule has 1 aliphatic heterocycles. The van der Waals surface area contributed by atoms with Crippen molar-refractivity contribution in [1.82, 2.24) is 19.7 Å². The van der Waals surface area contributed by atoms with E-state index in [9.17, 15) is 27.6 Å². The highest BCUT2D eigenvalue weighted by Crippen LogP contribution is 2.40. The van der Waals surface area contributed by atoms with Gasteiger partial charge in [0.05, 0.1) is 7.11 Å². The van der Waals surface area contributed by atoms with Crippen LogP contribution in [0.15, 0.2) is 36.4 Å². The lowest BCUT2D eigenvalue weighted by Crippen LogP contribution is -2.53. The Kier molecular flexibility index (Phi) is 13.4. The van der Waals surface area contributed by atoms with Crippen LogP contribution >= 0.6 is 0 Å². The zero-order valence-corrected chi connectivity index (χ0v) is 28.1. The van der Waals surface area contributed by atoms with Crippen LogP contribution in [-0.2, 0) is 35.8 Å². The molecule has 1 aromatic carbocycles. The number of alkyl carbamates (subject to hydrolysis) is 1. The molecule has 5 N–H and O–H groups in total. The fourth-order valence-electron chi connectivity index (χ4n) is 5.39. The summed E-state index contributed by atoms with van der Waals surface area (Å²) in [6.07, 6.45) is 8.90. The lowest BCUT2D eigenvalue weighted by molar-refractivity contribution is -0.139. The summed E-state index contributed by atoms with van der Waals surface area (Å²) < 4.78 is 39.6. The Labute approximate surface area is 272 Å². The molecular formula is C32H49N5O8S. The van der Waals surface area contributed by atoms with Gasteiger partial charge >= 0.3 is 16.3 Å². The van der Waals surface area contributed by atoms with E-state index in [1.807, 2.05) is 24.3 Å². The number of hydrogen-bond acceptors (Lipinski definition) is 8. The van der Waals surface area contributed by atoms with Crippen LogP contribution in [0.4, 0.5) is 4.79 Å². The van der Waals surface area contributed by atoms with Gasteiger partial charge in [0.25, 0.3) is 0 Å². The van der Waals surface area contributed by atoms with Crippen molar-refractivity contribution in [3.63, 3.8) is 0 Å². The van der Waals surface area contributed by atoms with E-state index in [-0.39, 0.29) is 24.3 Å². The summed E-state index contributed by atoms with van der Waals surface area (Å²) in [5.74, 6) is -1.07. The molecule has 1 aromatic rings. The summed E-state index contributed by atoms with van der Waals surface area (Å²) in [4.78, 5) is 51.5. The van der Waals surface area contributed by atoms with Gasteiger partial charge in [0.1, 0.15) is 23.4 Å². The number of nitrogens with two attached hydrogens (primary N) is 1. The van der Waals surface area contributed by atoms with Gasteiger partial charge in [-0.2, -0.15) is 13.1 Å². The standard InChI is InChI=1S/C32H49N5O8S/c1-32(2,3)45-31(41)35-26(30(40)37-20-10-13-27(37)28(33)38)12-9-7-5-6-8-11-23-21-25(23)29(39)36-46(42,43)34-19-18-22-14-16-24(44-4)17-15-22/h8,11,14-17,23,25-27,34H,5-7,9-10,12-13,18-21H2,1-4H3,(H2,33,38)(H,35,41)(H,36,39)/b11-8-/t23-,25+,26+,27+/m1/s1. The molecule has 3 rings (SSSR count). The molecule has 0 aromatic heterocycles. The Balaban J connectivity index is 1.36. The predicted octanol–water partition coefficient (Wildman–Crippen LogP) is 2.70. The van der Waals surface area contributed by atoms with Crippen molar-refractivity contribution in [2.45, 2.75) is 96.2 Å². The lowest BCUT2D eigenvalue weighted by Gasteiger charge is -2.28. The number of likely N-dealkylation sites (tertiary alicyclic amines) is 1. The van der Waals surface area contributed by atoms with Crippen LogP contribution in [0.1, 0.15) is 77.7 Å². The molecule has 2 fully saturated rings. The Morgan fingerprint density at radius 3 is 2.48 bits per heavy atom. The smallest absolute Gasteiger partial charge is 0.408 e. The van der Waals surface area contributed by atoms with Gasteiger partial charge in [-0.1, -0.05) is 37.1 Å². The fourth-order valence-corrected chi connectivity index (χ4v) is 6.25. The molecular weight excluding hydrogens is 614 g/mol. The third kappa shape index (κ3) is 12.3. The van der Waals surface area contributed by atoms with Gasteiger partial charge in [-0.3, -0.25) is 14.4 Å². The monoisotopic (exact) mass is 663 g/mol. The fraction of sp³-hybridized carbons (Fsp3) is 0.625. The molecule has 13 nitrogen and oxygen atoms in total. The summed E-state index contributed by atoms with van der Waals surface area (Å²) in [6.45, 7) is 5.78. The largest absolute Gasteiger partial charge is 0.497 e. The zero-order valence-electron chi connectivity index (χ0n) is 27.3. The maximum Gasteiger partial charge on any atom is 0.408 e. The van der Waals surface area contributed by atoms with E-state index < -0.39 is 45.8 Å². The first-order valence-corrected chi connectivity index (χ1v) is 17.4. The normalized spacial score (nSPS) is 20.3. The first-order valence-electron chi connectivity index (χ1n) is 15.9. The number of carbonyl (C=O) groups is 4. The second-order valence-corrected chi connectivity index (χ2v) is 14.3. The van der Waals surface area contributed by atoms with Crippen molar-refractivity contribution in [3.8, 4) is 5.75 Å². The number of benzene rings is 1. The van der Waals surface area contributed by atoms with Crippen molar-refractivity contribution >= 4 is 34.0 Å². The van der Waals surface area contributed by atoms with Gasteiger partial charge in [0.2, 0.25) is 17.7 Å². The molecule has 0 bridgehead atoms. The van der Waals surface area contributed by atoms with E-state index in [1.54, 1.807) is 40.0 Å². The topological polar surface area (TPSA) is 186 Å². The summed E-state index contributed by atoms with van der Waals surface area (Å²) >= 11 is 0. The number of nitrogens with zero attached hydrogens (tertiary/aromatic N) is 1. The highest BCUT2D eigenvalue weighted by molar-refractivity contribution is 7.88. The number of amides is 4. The van der Waals surface area contributed by atoms with Crippen LogP contribution in [0.3, 0.4) is 0 Å². The maximum atomic E-state index is 13.3. The summed E-state index contributed by atoms with van der Waals surface area (Å²) in [5, 5.41) is 2.68. The summed E-state index contributed by atoms with van der Waals surface area (Å²) in [7, 11) is -2.38. The molecule has 46 heavy (non-hydrogen) atoms. The molecule has 1 saturated carbocycles. The number of ether oxygens (including phenoxy) is 2. The van der Waals surface area contributed by atoms with Gasteiger partial charge in [-0.25, -0.2) is 9.52 Å². The summed E-state index contributed by atoms with van der Waals surface area (Å²) in [5.41, 5.74) is 5.71. The van der Waals surface area contributed by atoms with Crippen molar-refractivity contribution in [2.75, 3.05) is 20.2 Å². The first kappa shape index (κ1) is 36.8.